The lowest BCUT2D eigenvalue weighted by Crippen LogP contribution is -2.57. The van der Waals surface area contributed by atoms with Gasteiger partial charge in [-0.2, -0.15) is 0 Å². The second-order valence-electron chi connectivity index (χ2n) is 10.7. The summed E-state index contributed by atoms with van der Waals surface area (Å²) >= 11 is 0. The number of carbonyl (C=O) groups is 3. The van der Waals surface area contributed by atoms with Gasteiger partial charge in [0.1, 0.15) is 5.54 Å². The Hall–Kier alpha value is -4.55. The smallest absolute Gasteiger partial charge is 0.325 e. The zero-order valence-electron chi connectivity index (χ0n) is 22.2. The third-order valence-electron chi connectivity index (χ3n) is 8.35. The third-order valence-corrected chi connectivity index (χ3v) is 8.35. The van der Waals surface area contributed by atoms with Crippen LogP contribution in [0.5, 0.6) is 0 Å². The van der Waals surface area contributed by atoms with E-state index in [0.29, 0.717) is 0 Å². The maximum Gasteiger partial charge on any atom is 0.325 e. The number of carboxylic acids is 1. The maximum atomic E-state index is 14.0. The van der Waals surface area contributed by atoms with Crippen molar-refractivity contribution in [2.24, 2.45) is 11.8 Å². The zero-order chi connectivity index (χ0) is 27.9. The molecule has 0 aliphatic carbocycles. The van der Waals surface area contributed by atoms with Gasteiger partial charge in [-0.3, -0.25) is 24.6 Å². The van der Waals surface area contributed by atoms with Gasteiger partial charge in [-0.25, -0.2) is 0 Å². The fourth-order valence-corrected chi connectivity index (χ4v) is 6.41. The number of aryl methyl sites for hydroxylation is 1. The molecule has 2 N–H and O–H groups in total. The molecule has 2 aliphatic rings. The number of rotatable bonds is 7. The highest BCUT2D eigenvalue weighted by Gasteiger charge is 2.68. The third kappa shape index (κ3) is 4.31. The van der Waals surface area contributed by atoms with Crippen LogP contribution in [0.4, 0.5) is 0 Å². The minimum absolute atomic E-state index is 0.0728. The van der Waals surface area contributed by atoms with Gasteiger partial charge in [-0.05, 0) is 39.9 Å². The molecule has 2 saturated heterocycles. The maximum absolute atomic E-state index is 14.0. The molecule has 2 aliphatic heterocycles. The lowest BCUT2D eigenvalue weighted by Gasteiger charge is -2.31. The van der Waals surface area contributed by atoms with E-state index < -0.39 is 35.3 Å². The largest absolute Gasteiger partial charge is 0.480 e. The Kier molecular flexibility index (Phi) is 6.56. The van der Waals surface area contributed by atoms with Crippen molar-refractivity contribution in [1.29, 1.82) is 0 Å². The molecular formula is C34H30N2O4. The van der Waals surface area contributed by atoms with Gasteiger partial charge < -0.3 is 5.11 Å². The summed E-state index contributed by atoms with van der Waals surface area (Å²) in [4.78, 5) is 42.3. The Morgan fingerprint density at radius 2 is 1.60 bits per heavy atom. The highest BCUT2D eigenvalue weighted by molar-refractivity contribution is 6.09. The molecule has 4 aromatic rings. The topological polar surface area (TPSA) is 86.7 Å². The number of likely N-dealkylation sites (tertiary alicyclic amines) is 1. The summed E-state index contributed by atoms with van der Waals surface area (Å²) in [6.45, 7) is 2.03. The average molecular weight is 531 g/mol. The van der Waals surface area contributed by atoms with Gasteiger partial charge in [0.2, 0.25) is 11.8 Å². The first-order valence-electron chi connectivity index (χ1n) is 13.5. The summed E-state index contributed by atoms with van der Waals surface area (Å²) in [7, 11) is 0. The molecule has 4 aromatic carbocycles. The molecule has 2 heterocycles. The number of carbonyl (C=O) groups excluding carboxylic acids is 2. The Bertz CT molecular complexity index is 1650. The van der Waals surface area contributed by atoms with Crippen LogP contribution in [-0.4, -0.2) is 39.9 Å². The van der Waals surface area contributed by atoms with Crippen LogP contribution in [0.15, 0.2) is 103 Å². The monoisotopic (exact) mass is 530 g/mol. The summed E-state index contributed by atoms with van der Waals surface area (Å²) in [6.07, 6.45) is 3.73. The SMILES string of the molecule is Cc1ccccc1C1NC(Cc2ccc3ccccc3c2)(C(=O)O)C2C(=O)N(CC=Cc3ccccc3)C(=O)C12. The molecule has 0 bridgehead atoms. The highest BCUT2D eigenvalue weighted by Crippen LogP contribution is 2.50. The van der Waals surface area contributed by atoms with Gasteiger partial charge >= 0.3 is 5.97 Å². The number of benzene rings is 4. The second kappa shape index (κ2) is 10.2. The van der Waals surface area contributed by atoms with Gasteiger partial charge in [0, 0.05) is 19.0 Å². The van der Waals surface area contributed by atoms with Crippen molar-refractivity contribution >= 4 is 34.6 Å². The molecule has 4 unspecified atom stereocenters. The Morgan fingerprint density at radius 3 is 2.35 bits per heavy atom. The van der Waals surface area contributed by atoms with Crippen molar-refractivity contribution in [2.75, 3.05) is 6.54 Å². The molecule has 0 saturated carbocycles. The van der Waals surface area contributed by atoms with Crippen LogP contribution >= 0.6 is 0 Å². The fraction of sp³-hybridized carbons (Fsp3) is 0.206. The number of nitrogens with zero attached hydrogens (tertiary/aromatic N) is 1. The van der Waals surface area contributed by atoms with Gasteiger partial charge in [0.25, 0.3) is 0 Å². The van der Waals surface area contributed by atoms with Crippen molar-refractivity contribution in [3.8, 4) is 0 Å². The summed E-state index contributed by atoms with van der Waals surface area (Å²) < 4.78 is 0. The van der Waals surface area contributed by atoms with Gasteiger partial charge in [0.05, 0.1) is 11.8 Å². The minimum atomic E-state index is -1.65. The van der Waals surface area contributed by atoms with Crippen LogP contribution in [0.25, 0.3) is 16.8 Å². The predicted octanol–water partition coefficient (Wildman–Crippen LogP) is 5.17. The molecule has 2 fully saturated rings. The average Bonchev–Trinajstić information content (AvgIpc) is 3.43. The van der Waals surface area contributed by atoms with E-state index in [1.807, 2.05) is 110 Å². The molecule has 6 rings (SSSR count). The van der Waals surface area contributed by atoms with E-state index in [1.54, 1.807) is 6.08 Å². The molecule has 6 nitrogen and oxygen atoms in total. The van der Waals surface area contributed by atoms with Gasteiger partial charge in [0.15, 0.2) is 0 Å². The molecule has 200 valence electrons. The fourth-order valence-electron chi connectivity index (χ4n) is 6.41. The van der Waals surface area contributed by atoms with E-state index in [0.717, 1.165) is 33.0 Å². The Morgan fingerprint density at radius 1 is 0.900 bits per heavy atom. The molecule has 0 radical (unpaired) electrons. The van der Waals surface area contributed by atoms with Crippen molar-refractivity contribution in [3.63, 3.8) is 0 Å². The summed E-state index contributed by atoms with van der Waals surface area (Å²) in [5, 5.41) is 16.2. The number of hydrogen-bond acceptors (Lipinski definition) is 4. The quantitative estimate of drug-likeness (QED) is 0.322. The van der Waals surface area contributed by atoms with Crippen LogP contribution in [0.3, 0.4) is 0 Å². The first-order chi connectivity index (χ1) is 19.4. The van der Waals surface area contributed by atoms with Crippen molar-refractivity contribution in [3.05, 3.63) is 125 Å². The molecule has 6 heteroatoms. The standard InChI is InChI=1S/C34H30N2O4/c1-22-10-5-8-16-27(22)30-28-29(32(38)36(31(28)37)19-9-13-23-11-3-2-4-12-23)34(35-30,33(39)40)21-24-17-18-25-14-6-7-15-26(25)20-24/h2-18,20,28-30,35H,19,21H2,1H3,(H,39,40). The van der Waals surface area contributed by atoms with E-state index >= 15 is 0 Å². The molecule has 0 spiro atoms. The minimum Gasteiger partial charge on any atom is -0.480 e. The van der Waals surface area contributed by atoms with Gasteiger partial charge in [-0.1, -0.05) is 109 Å². The van der Waals surface area contributed by atoms with E-state index in [4.69, 9.17) is 0 Å². The van der Waals surface area contributed by atoms with Crippen LogP contribution in [0.2, 0.25) is 0 Å². The van der Waals surface area contributed by atoms with Crippen molar-refractivity contribution < 1.29 is 19.5 Å². The van der Waals surface area contributed by atoms with Crippen LogP contribution in [0.1, 0.15) is 28.3 Å². The van der Waals surface area contributed by atoms with E-state index in [9.17, 15) is 19.5 Å². The van der Waals surface area contributed by atoms with Crippen molar-refractivity contribution in [1.82, 2.24) is 10.2 Å². The Labute approximate surface area is 232 Å². The highest BCUT2D eigenvalue weighted by atomic mass is 16.4. The number of fused-ring (bicyclic) bond motifs is 2. The molecule has 2 amide bonds. The van der Waals surface area contributed by atoms with E-state index in [-0.39, 0.29) is 18.9 Å². The zero-order valence-corrected chi connectivity index (χ0v) is 22.2. The summed E-state index contributed by atoms with van der Waals surface area (Å²) in [6, 6.07) is 30.4. The Balaban J connectivity index is 1.41. The first-order valence-corrected chi connectivity index (χ1v) is 13.5. The first kappa shape index (κ1) is 25.7. The van der Waals surface area contributed by atoms with Crippen molar-refractivity contribution in [2.45, 2.75) is 24.9 Å². The summed E-state index contributed by atoms with van der Waals surface area (Å²) in [5.41, 5.74) is 1.87. The molecule has 40 heavy (non-hydrogen) atoms. The number of aliphatic carboxylic acids is 1. The number of carboxylic acid groups (broad SMARTS) is 1. The molecule has 4 atom stereocenters. The number of hydrogen-bond donors (Lipinski definition) is 2. The van der Waals surface area contributed by atoms with Crippen LogP contribution in [0, 0.1) is 18.8 Å². The lowest BCUT2D eigenvalue weighted by atomic mass is 9.76. The van der Waals surface area contributed by atoms with Gasteiger partial charge in [-0.15, -0.1) is 0 Å². The van der Waals surface area contributed by atoms with Crippen LogP contribution in [-0.2, 0) is 20.8 Å². The van der Waals surface area contributed by atoms with Crippen LogP contribution < -0.4 is 5.32 Å². The number of amides is 2. The normalized spacial score (nSPS) is 24.2. The molecule has 0 aromatic heterocycles. The van der Waals surface area contributed by atoms with E-state index in [2.05, 4.69) is 5.32 Å². The van der Waals surface area contributed by atoms with E-state index in [1.165, 1.54) is 4.90 Å². The number of imide groups is 1. The lowest BCUT2D eigenvalue weighted by molar-refractivity contribution is -0.151. The number of nitrogens with one attached hydrogen (secondary N) is 1. The second-order valence-corrected chi connectivity index (χ2v) is 10.7. The summed E-state index contributed by atoms with van der Waals surface area (Å²) in [5.74, 6) is -3.78. The molecular weight excluding hydrogens is 500 g/mol. The predicted molar refractivity (Wildman–Crippen MR) is 154 cm³/mol.